The fraction of sp³-hybridized carbons (Fsp3) is 0.294. The molecular formula is C17H16Br2O2. The summed E-state index contributed by atoms with van der Waals surface area (Å²) in [5.74, 6) is 1.91. The van der Waals surface area contributed by atoms with Crippen molar-refractivity contribution in [3.8, 4) is 11.5 Å². The van der Waals surface area contributed by atoms with Crippen LogP contribution in [-0.4, -0.2) is 6.61 Å². The molecule has 1 heterocycles. The van der Waals surface area contributed by atoms with Crippen molar-refractivity contribution >= 4 is 31.9 Å². The number of ether oxygens (including phenoxy) is 2. The third-order valence-electron chi connectivity index (χ3n) is 3.57. The number of fused-ring (bicyclic) bond motifs is 1. The quantitative estimate of drug-likeness (QED) is 0.646. The van der Waals surface area contributed by atoms with E-state index in [0.717, 1.165) is 39.9 Å². The van der Waals surface area contributed by atoms with Crippen molar-refractivity contribution in [2.24, 2.45) is 0 Å². The molecule has 0 amide bonds. The molecule has 0 N–H and O–H groups in total. The van der Waals surface area contributed by atoms with E-state index in [0.29, 0.717) is 6.61 Å². The van der Waals surface area contributed by atoms with Crippen molar-refractivity contribution in [1.29, 1.82) is 0 Å². The van der Waals surface area contributed by atoms with Crippen LogP contribution in [0.3, 0.4) is 0 Å². The fourth-order valence-electron chi connectivity index (χ4n) is 2.56. The first-order valence-electron chi connectivity index (χ1n) is 6.90. The highest BCUT2D eigenvalue weighted by molar-refractivity contribution is 9.10. The molecule has 0 radical (unpaired) electrons. The second kappa shape index (κ2) is 6.41. The van der Waals surface area contributed by atoms with Gasteiger partial charge in [-0.1, -0.05) is 49.6 Å². The molecule has 0 saturated carbocycles. The second-order valence-electron chi connectivity index (χ2n) is 5.19. The maximum Gasteiger partial charge on any atom is 0.129 e. The highest BCUT2D eigenvalue weighted by Gasteiger charge is 2.18. The van der Waals surface area contributed by atoms with Crippen LogP contribution in [0, 0.1) is 6.92 Å². The summed E-state index contributed by atoms with van der Waals surface area (Å²) in [6.45, 7) is 3.37. The van der Waals surface area contributed by atoms with E-state index in [-0.39, 0.29) is 0 Å². The van der Waals surface area contributed by atoms with Gasteiger partial charge in [0, 0.05) is 27.4 Å². The van der Waals surface area contributed by atoms with Crippen LogP contribution in [0.2, 0.25) is 0 Å². The molecule has 2 aromatic rings. The molecule has 4 heteroatoms. The van der Waals surface area contributed by atoms with Crippen LogP contribution in [0.4, 0.5) is 0 Å². The fourth-order valence-corrected chi connectivity index (χ4v) is 3.55. The standard InChI is InChI=1S/C17H16Br2O2/c1-11-2-3-16(13(6-11)9-18)21-10-14-8-15(19)7-12-4-5-20-17(12)14/h2-3,6-8H,4-5,9-10H2,1H3. The lowest BCUT2D eigenvalue weighted by atomic mass is 10.1. The van der Waals surface area contributed by atoms with E-state index in [9.17, 15) is 0 Å². The van der Waals surface area contributed by atoms with Crippen LogP contribution in [0.25, 0.3) is 0 Å². The molecule has 0 unspecified atom stereocenters. The zero-order valence-corrected chi connectivity index (χ0v) is 15.0. The van der Waals surface area contributed by atoms with E-state index >= 15 is 0 Å². The lowest BCUT2D eigenvalue weighted by molar-refractivity contribution is 0.290. The van der Waals surface area contributed by atoms with Crippen LogP contribution < -0.4 is 9.47 Å². The highest BCUT2D eigenvalue weighted by atomic mass is 79.9. The lowest BCUT2D eigenvalue weighted by Crippen LogP contribution is -2.00. The van der Waals surface area contributed by atoms with Crippen LogP contribution in [0.1, 0.15) is 22.3 Å². The van der Waals surface area contributed by atoms with E-state index in [1.807, 2.05) is 6.07 Å². The van der Waals surface area contributed by atoms with Gasteiger partial charge in [0.1, 0.15) is 18.1 Å². The Bertz CT molecular complexity index is 668. The third kappa shape index (κ3) is 3.27. The van der Waals surface area contributed by atoms with Gasteiger partial charge in [0.2, 0.25) is 0 Å². The van der Waals surface area contributed by atoms with Crippen molar-refractivity contribution in [3.63, 3.8) is 0 Å². The largest absolute Gasteiger partial charge is 0.493 e. The molecule has 1 aliphatic rings. The third-order valence-corrected chi connectivity index (χ3v) is 4.63. The Morgan fingerprint density at radius 3 is 2.86 bits per heavy atom. The van der Waals surface area contributed by atoms with E-state index in [1.165, 1.54) is 16.7 Å². The predicted molar refractivity (Wildman–Crippen MR) is 91.5 cm³/mol. The van der Waals surface area contributed by atoms with Crippen molar-refractivity contribution in [1.82, 2.24) is 0 Å². The lowest BCUT2D eigenvalue weighted by Gasteiger charge is -2.13. The smallest absolute Gasteiger partial charge is 0.129 e. The minimum atomic E-state index is 0.519. The molecule has 0 aliphatic carbocycles. The van der Waals surface area contributed by atoms with E-state index < -0.39 is 0 Å². The topological polar surface area (TPSA) is 18.5 Å². The minimum absolute atomic E-state index is 0.519. The van der Waals surface area contributed by atoms with E-state index in [4.69, 9.17) is 9.47 Å². The molecule has 0 saturated heterocycles. The van der Waals surface area contributed by atoms with Gasteiger partial charge in [-0.15, -0.1) is 0 Å². The molecule has 0 aromatic heterocycles. The van der Waals surface area contributed by atoms with Crippen molar-refractivity contribution in [3.05, 3.63) is 57.1 Å². The number of hydrogen-bond donors (Lipinski definition) is 0. The molecule has 21 heavy (non-hydrogen) atoms. The molecule has 110 valence electrons. The number of alkyl halides is 1. The minimum Gasteiger partial charge on any atom is -0.493 e. The summed E-state index contributed by atoms with van der Waals surface area (Å²) in [6, 6.07) is 10.5. The first kappa shape index (κ1) is 14.9. The number of aryl methyl sites for hydroxylation is 1. The van der Waals surface area contributed by atoms with Crippen molar-refractivity contribution < 1.29 is 9.47 Å². The van der Waals surface area contributed by atoms with Gasteiger partial charge >= 0.3 is 0 Å². The first-order chi connectivity index (χ1) is 10.2. The van der Waals surface area contributed by atoms with Gasteiger partial charge in [0.15, 0.2) is 0 Å². The number of benzene rings is 2. The summed E-state index contributed by atoms with van der Waals surface area (Å²) >= 11 is 7.08. The van der Waals surface area contributed by atoms with Crippen molar-refractivity contribution in [2.45, 2.75) is 25.3 Å². The molecular weight excluding hydrogens is 396 g/mol. The summed E-state index contributed by atoms with van der Waals surface area (Å²) in [5, 5.41) is 0.789. The van der Waals surface area contributed by atoms with E-state index in [2.05, 4.69) is 63.0 Å². The first-order valence-corrected chi connectivity index (χ1v) is 8.81. The number of rotatable bonds is 4. The van der Waals surface area contributed by atoms with Gasteiger partial charge in [0.25, 0.3) is 0 Å². The van der Waals surface area contributed by atoms with Gasteiger partial charge in [0.05, 0.1) is 6.61 Å². The van der Waals surface area contributed by atoms with Crippen LogP contribution >= 0.6 is 31.9 Å². The molecule has 3 rings (SSSR count). The van der Waals surface area contributed by atoms with Gasteiger partial charge in [-0.05, 0) is 30.7 Å². The van der Waals surface area contributed by atoms with Gasteiger partial charge in [-0.3, -0.25) is 0 Å². The molecule has 0 atom stereocenters. The second-order valence-corrected chi connectivity index (χ2v) is 6.66. The Labute approximate surface area is 141 Å². The maximum absolute atomic E-state index is 6.02. The Hall–Kier alpha value is -1.00. The number of halogens is 2. The summed E-state index contributed by atoms with van der Waals surface area (Å²) in [4.78, 5) is 0. The van der Waals surface area contributed by atoms with Crippen LogP contribution in [-0.2, 0) is 18.4 Å². The average Bonchev–Trinajstić information content (AvgIpc) is 2.93. The molecule has 0 fully saturated rings. The van der Waals surface area contributed by atoms with Crippen molar-refractivity contribution in [2.75, 3.05) is 6.61 Å². The molecule has 1 aliphatic heterocycles. The Kier molecular flexibility index (Phi) is 4.55. The molecule has 0 bridgehead atoms. The summed E-state index contributed by atoms with van der Waals surface area (Å²) in [5.41, 5.74) is 4.76. The monoisotopic (exact) mass is 410 g/mol. The Balaban J connectivity index is 1.83. The zero-order valence-electron chi connectivity index (χ0n) is 11.8. The summed E-state index contributed by atoms with van der Waals surface area (Å²) in [7, 11) is 0. The Morgan fingerprint density at radius 1 is 1.19 bits per heavy atom. The normalized spacial score (nSPS) is 12.9. The molecule has 0 spiro atoms. The van der Waals surface area contributed by atoms with Gasteiger partial charge in [-0.25, -0.2) is 0 Å². The zero-order chi connectivity index (χ0) is 14.8. The highest BCUT2D eigenvalue weighted by Crippen LogP contribution is 2.34. The Morgan fingerprint density at radius 2 is 2.05 bits per heavy atom. The van der Waals surface area contributed by atoms with E-state index in [1.54, 1.807) is 0 Å². The molecule has 2 aromatic carbocycles. The van der Waals surface area contributed by atoms with Gasteiger partial charge < -0.3 is 9.47 Å². The van der Waals surface area contributed by atoms with Gasteiger partial charge in [-0.2, -0.15) is 0 Å². The summed E-state index contributed by atoms with van der Waals surface area (Å²) < 4.78 is 12.8. The molecule has 2 nitrogen and oxygen atoms in total. The SMILES string of the molecule is Cc1ccc(OCc2cc(Br)cc3c2OCC3)c(CBr)c1. The average molecular weight is 412 g/mol. The maximum atomic E-state index is 6.02. The predicted octanol–water partition coefficient (Wildman–Crippen LogP) is 5.17. The van der Waals surface area contributed by atoms with Crippen LogP contribution in [0.15, 0.2) is 34.8 Å². The van der Waals surface area contributed by atoms with Crippen LogP contribution in [0.5, 0.6) is 11.5 Å². The number of hydrogen-bond acceptors (Lipinski definition) is 2. The summed E-state index contributed by atoms with van der Waals surface area (Å²) in [6.07, 6.45) is 0.971.